The molecule has 1 atom stereocenters. The molecule has 2 aromatic heterocycles. The van der Waals surface area contributed by atoms with Gasteiger partial charge in [-0.3, -0.25) is 0 Å². The van der Waals surface area contributed by atoms with E-state index in [9.17, 15) is 0 Å². The van der Waals surface area contributed by atoms with E-state index in [1.165, 1.54) is 5.56 Å². The first-order valence-corrected chi connectivity index (χ1v) is 6.20. The number of nitrogens with zero attached hydrogens (tertiary/aromatic N) is 4. The van der Waals surface area contributed by atoms with E-state index < -0.39 is 0 Å². The van der Waals surface area contributed by atoms with Crippen LogP contribution in [-0.2, 0) is 0 Å². The number of hydrogen-bond donors (Lipinski definition) is 1. The van der Waals surface area contributed by atoms with Crippen LogP contribution in [0.3, 0.4) is 0 Å². The molecule has 5 heteroatoms. The fourth-order valence-electron chi connectivity index (χ4n) is 1.97. The molecule has 2 heterocycles. The Balaban J connectivity index is 2.14. The zero-order chi connectivity index (χ0) is 13.4. The number of benzene rings is 1. The standard InChI is InChI=1S/C14H15N5/c1-9-3-5-11(6-4-9)12-7-8-13-16-17-14(10(2)15)19(13)18-12/h3-8,10H,15H2,1-2H3/t10-/m0/s1. The number of aryl methyl sites for hydroxylation is 1. The minimum absolute atomic E-state index is 0.198. The van der Waals surface area contributed by atoms with Gasteiger partial charge in [-0.1, -0.05) is 29.8 Å². The van der Waals surface area contributed by atoms with Crippen molar-refractivity contribution in [3.05, 3.63) is 47.8 Å². The molecular formula is C14H15N5. The van der Waals surface area contributed by atoms with Crippen molar-refractivity contribution in [3.8, 4) is 11.3 Å². The van der Waals surface area contributed by atoms with Crippen LogP contribution in [0.1, 0.15) is 24.4 Å². The SMILES string of the molecule is Cc1ccc(-c2ccc3nnc([C@H](C)N)n3n2)cc1. The van der Waals surface area contributed by atoms with E-state index in [4.69, 9.17) is 5.73 Å². The second kappa shape index (κ2) is 4.44. The summed E-state index contributed by atoms with van der Waals surface area (Å²) in [6, 6.07) is 11.9. The van der Waals surface area contributed by atoms with Crippen molar-refractivity contribution in [1.82, 2.24) is 19.8 Å². The fourth-order valence-corrected chi connectivity index (χ4v) is 1.97. The lowest BCUT2D eigenvalue weighted by molar-refractivity contribution is 0.696. The summed E-state index contributed by atoms with van der Waals surface area (Å²) in [5.74, 6) is 0.670. The molecule has 19 heavy (non-hydrogen) atoms. The van der Waals surface area contributed by atoms with E-state index in [0.29, 0.717) is 11.5 Å². The van der Waals surface area contributed by atoms with Gasteiger partial charge in [-0.15, -0.1) is 10.2 Å². The third kappa shape index (κ3) is 2.08. The van der Waals surface area contributed by atoms with Gasteiger partial charge in [0, 0.05) is 5.56 Å². The molecule has 96 valence electrons. The number of hydrogen-bond acceptors (Lipinski definition) is 4. The average Bonchev–Trinajstić information content (AvgIpc) is 2.82. The Bertz CT molecular complexity index is 712. The largest absolute Gasteiger partial charge is 0.321 e. The summed E-state index contributed by atoms with van der Waals surface area (Å²) in [5.41, 5.74) is 9.76. The normalized spacial score (nSPS) is 12.8. The Morgan fingerprint density at radius 1 is 1.05 bits per heavy atom. The van der Waals surface area contributed by atoms with E-state index in [1.54, 1.807) is 4.52 Å². The van der Waals surface area contributed by atoms with Crippen molar-refractivity contribution >= 4 is 5.65 Å². The zero-order valence-corrected chi connectivity index (χ0v) is 10.9. The molecule has 0 aliphatic heterocycles. The number of fused-ring (bicyclic) bond motifs is 1. The van der Waals surface area contributed by atoms with Crippen LogP contribution in [0.2, 0.25) is 0 Å². The first-order chi connectivity index (χ1) is 9.15. The van der Waals surface area contributed by atoms with Crippen molar-refractivity contribution < 1.29 is 0 Å². The molecule has 1 aromatic carbocycles. The molecule has 0 amide bonds. The average molecular weight is 253 g/mol. The van der Waals surface area contributed by atoms with Gasteiger partial charge < -0.3 is 5.73 Å². The molecule has 3 aromatic rings. The Labute approximate surface area is 111 Å². The highest BCUT2D eigenvalue weighted by Gasteiger charge is 2.11. The van der Waals surface area contributed by atoms with Gasteiger partial charge in [0.1, 0.15) is 0 Å². The van der Waals surface area contributed by atoms with Crippen LogP contribution < -0.4 is 5.73 Å². The molecule has 5 nitrogen and oxygen atoms in total. The van der Waals surface area contributed by atoms with Crippen LogP contribution in [0.5, 0.6) is 0 Å². The molecule has 0 unspecified atom stereocenters. The maximum atomic E-state index is 5.87. The summed E-state index contributed by atoms with van der Waals surface area (Å²) in [6.45, 7) is 3.94. The number of aromatic nitrogens is 4. The van der Waals surface area contributed by atoms with Crippen molar-refractivity contribution in [1.29, 1.82) is 0 Å². The maximum absolute atomic E-state index is 5.87. The summed E-state index contributed by atoms with van der Waals surface area (Å²) in [6.07, 6.45) is 0. The molecule has 2 N–H and O–H groups in total. The molecule has 0 aliphatic rings. The summed E-state index contributed by atoms with van der Waals surface area (Å²) in [5, 5.41) is 12.7. The molecule has 3 rings (SSSR count). The molecule has 0 bridgehead atoms. The first kappa shape index (κ1) is 11.8. The van der Waals surface area contributed by atoms with E-state index in [2.05, 4.69) is 46.5 Å². The summed E-state index contributed by atoms with van der Waals surface area (Å²) in [7, 11) is 0. The van der Waals surface area contributed by atoms with Gasteiger partial charge in [-0.2, -0.15) is 9.61 Å². The molecule has 0 radical (unpaired) electrons. The number of rotatable bonds is 2. The maximum Gasteiger partial charge on any atom is 0.178 e. The topological polar surface area (TPSA) is 69.1 Å². The first-order valence-electron chi connectivity index (χ1n) is 6.20. The Morgan fingerprint density at radius 3 is 2.47 bits per heavy atom. The minimum atomic E-state index is -0.198. The van der Waals surface area contributed by atoms with Crippen LogP contribution in [-0.4, -0.2) is 19.8 Å². The van der Waals surface area contributed by atoms with Gasteiger partial charge >= 0.3 is 0 Å². The third-order valence-electron chi connectivity index (χ3n) is 3.04. The Kier molecular flexibility index (Phi) is 2.76. The van der Waals surface area contributed by atoms with Gasteiger partial charge in [0.05, 0.1) is 11.7 Å². The summed E-state index contributed by atoms with van der Waals surface area (Å²) < 4.78 is 1.71. The lowest BCUT2D eigenvalue weighted by Gasteiger charge is -2.05. The van der Waals surface area contributed by atoms with Crippen LogP contribution >= 0.6 is 0 Å². The molecule has 0 saturated heterocycles. The lowest BCUT2D eigenvalue weighted by Crippen LogP contribution is -2.11. The van der Waals surface area contributed by atoms with Crippen LogP contribution in [0.4, 0.5) is 0 Å². The smallest absolute Gasteiger partial charge is 0.178 e. The quantitative estimate of drug-likeness (QED) is 0.759. The number of nitrogens with two attached hydrogens (primary N) is 1. The van der Waals surface area contributed by atoms with Crippen LogP contribution in [0.25, 0.3) is 16.9 Å². The van der Waals surface area contributed by atoms with E-state index in [1.807, 2.05) is 19.1 Å². The predicted octanol–water partition coefficient (Wildman–Crippen LogP) is 2.12. The predicted molar refractivity (Wildman–Crippen MR) is 73.6 cm³/mol. The highest BCUT2D eigenvalue weighted by atomic mass is 15.4. The summed E-state index contributed by atoms with van der Waals surface area (Å²) >= 11 is 0. The highest BCUT2D eigenvalue weighted by molar-refractivity contribution is 5.60. The van der Waals surface area contributed by atoms with Crippen molar-refractivity contribution in [2.45, 2.75) is 19.9 Å². The van der Waals surface area contributed by atoms with Gasteiger partial charge in [0.2, 0.25) is 0 Å². The fraction of sp³-hybridized carbons (Fsp3) is 0.214. The van der Waals surface area contributed by atoms with E-state index in [-0.39, 0.29) is 6.04 Å². The van der Waals surface area contributed by atoms with Gasteiger partial charge in [-0.05, 0) is 26.0 Å². The van der Waals surface area contributed by atoms with E-state index in [0.717, 1.165) is 11.3 Å². The molecule has 0 spiro atoms. The third-order valence-corrected chi connectivity index (χ3v) is 3.04. The monoisotopic (exact) mass is 253 g/mol. The van der Waals surface area contributed by atoms with Gasteiger partial charge in [0.25, 0.3) is 0 Å². The van der Waals surface area contributed by atoms with Crippen LogP contribution in [0, 0.1) is 6.92 Å². The lowest BCUT2D eigenvalue weighted by atomic mass is 10.1. The zero-order valence-electron chi connectivity index (χ0n) is 10.9. The van der Waals surface area contributed by atoms with Gasteiger partial charge in [0.15, 0.2) is 11.5 Å². The second-order valence-electron chi connectivity index (χ2n) is 4.70. The Hall–Kier alpha value is -2.27. The highest BCUT2D eigenvalue weighted by Crippen LogP contribution is 2.18. The van der Waals surface area contributed by atoms with Crippen LogP contribution in [0.15, 0.2) is 36.4 Å². The van der Waals surface area contributed by atoms with E-state index >= 15 is 0 Å². The molecule has 0 saturated carbocycles. The Morgan fingerprint density at radius 2 is 1.79 bits per heavy atom. The summed E-state index contributed by atoms with van der Waals surface area (Å²) in [4.78, 5) is 0. The van der Waals surface area contributed by atoms with Crippen molar-refractivity contribution in [2.24, 2.45) is 5.73 Å². The second-order valence-corrected chi connectivity index (χ2v) is 4.70. The van der Waals surface area contributed by atoms with Crippen molar-refractivity contribution in [2.75, 3.05) is 0 Å². The van der Waals surface area contributed by atoms with Crippen molar-refractivity contribution in [3.63, 3.8) is 0 Å². The molecule has 0 fully saturated rings. The minimum Gasteiger partial charge on any atom is -0.321 e. The molecule has 0 aliphatic carbocycles. The van der Waals surface area contributed by atoms with Gasteiger partial charge in [-0.25, -0.2) is 0 Å². The molecular weight excluding hydrogens is 238 g/mol.